The minimum atomic E-state index is 0.302. The molecular formula is C37H31N5O. The molecule has 5 aromatic carbocycles. The Morgan fingerprint density at radius 3 is 2.19 bits per heavy atom. The summed E-state index contributed by atoms with van der Waals surface area (Å²) < 4.78 is 8.63. The standard InChI is InChI=1S/C37H31N5O/c1-2-14-29(15-3-1)42-24-38-34-35(40-37(41-36(34)42)43-33-19-9-13-26-11-5-7-17-32(26)33)39-28-22-20-27(21-23-28)31-18-8-12-25-10-4-6-16-30(25)31/h4-13,16-24,29H,1-3,14-15H2,(H,39,40,41). The largest absolute Gasteiger partial charge is 0.424 e. The van der Waals surface area contributed by atoms with Gasteiger partial charge in [-0.2, -0.15) is 9.97 Å². The molecule has 43 heavy (non-hydrogen) atoms. The molecule has 1 aliphatic carbocycles. The van der Waals surface area contributed by atoms with Crippen LogP contribution in [-0.2, 0) is 0 Å². The maximum absolute atomic E-state index is 6.40. The first-order valence-corrected chi connectivity index (χ1v) is 15.1. The summed E-state index contributed by atoms with van der Waals surface area (Å²) in [5.41, 5.74) is 4.84. The quantitative estimate of drug-likeness (QED) is 0.219. The van der Waals surface area contributed by atoms with E-state index in [1.165, 1.54) is 35.6 Å². The van der Waals surface area contributed by atoms with Crippen molar-refractivity contribution < 1.29 is 4.74 Å². The monoisotopic (exact) mass is 561 g/mol. The molecule has 6 nitrogen and oxygen atoms in total. The SMILES string of the molecule is c1ccc2c(Oc3nc(Nc4ccc(-c5cccc6ccccc56)cc4)c4ncn(C5CCCCC5)c4n3)cccc2c1. The lowest BCUT2D eigenvalue weighted by Gasteiger charge is -2.23. The molecule has 210 valence electrons. The molecular weight excluding hydrogens is 530 g/mol. The minimum Gasteiger partial charge on any atom is -0.424 e. The second kappa shape index (κ2) is 10.9. The summed E-state index contributed by atoms with van der Waals surface area (Å²) in [7, 11) is 0. The highest BCUT2D eigenvalue weighted by atomic mass is 16.5. The van der Waals surface area contributed by atoms with Crippen LogP contribution in [0.3, 0.4) is 0 Å². The molecule has 6 heteroatoms. The van der Waals surface area contributed by atoms with Crippen molar-refractivity contribution in [2.45, 2.75) is 38.1 Å². The van der Waals surface area contributed by atoms with Crippen LogP contribution in [-0.4, -0.2) is 19.5 Å². The Balaban J connectivity index is 1.18. The molecule has 7 aromatic rings. The summed E-state index contributed by atoms with van der Waals surface area (Å²) in [4.78, 5) is 14.6. The van der Waals surface area contributed by atoms with E-state index in [2.05, 4.69) is 94.8 Å². The molecule has 2 heterocycles. The molecule has 0 amide bonds. The zero-order chi connectivity index (χ0) is 28.6. The van der Waals surface area contributed by atoms with Crippen LogP contribution in [0.2, 0.25) is 0 Å². The fourth-order valence-corrected chi connectivity index (χ4v) is 6.39. The maximum Gasteiger partial charge on any atom is 0.326 e. The number of hydrogen-bond acceptors (Lipinski definition) is 5. The van der Waals surface area contributed by atoms with Gasteiger partial charge in [-0.05, 0) is 58.3 Å². The molecule has 0 bridgehead atoms. The number of nitrogens with one attached hydrogen (secondary N) is 1. The van der Waals surface area contributed by atoms with E-state index in [1.807, 2.05) is 30.6 Å². The van der Waals surface area contributed by atoms with E-state index < -0.39 is 0 Å². The number of rotatable bonds is 6. The predicted molar refractivity (Wildman–Crippen MR) is 174 cm³/mol. The van der Waals surface area contributed by atoms with Gasteiger partial charge < -0.3 is 14.6 Å². The van der Waals surface area contributed by atoms with Gasteiger partial charge in [0.15, 0.2) is 17.0 Å². The Kier molecular flexibility index (Phi) is 6.44. The molecule has 1 saturated carbocycles. The van der Waals surface area contributed by atoms with Crippen molar-refractivity contribution in [3.63, 3.8) is 0 Å². The van der Waals surface area contributed by atoms with Gasteiger partial charge in [0, 0.05) is 17.1 Å². The van der Waals surface area contributed by atoms with Gasteiger partial charge in [-0.3, -0.25) is 0 Å². The highest BCUT2D eigenvalue weighted by Gasteiger charge is 2.22. The van der Waals surface area contributed by atoms with Gasteiger partial charge in [0.2, 0.25) is 0 Å². The van der Waals surface area contributed by atoms with E-state index >= 15 is 0 Å². The molecule has 0 radical (unpaired) electrons. The van der Waals surface area contributed by atoms with Gasteiger partial charge in [0.1, 0.15) is 5.75 Å². The van der Waals surface area contributed by atoms with Crippen LogP contribution in [0.5, 0.6) is 11.8 Å². The maximum atomic E-state index is 6.40. The minimum absolute atomic E-state index is 0.302. The van der Waals surface area contributed by atoms with Crippen LogP contribution in [0.25, 0.3) is 43.8 Å². The zero-order valence-electron chi connectivity index (χ0n) is 23.8. The number of aromatic nitrogens is 4. The number of nitrogens with zero attached hydrogens (tertiary/aromatic N) is 4. The summed E-state index contributed by atoms with van der Waals surface area (Å²) in [5, 5.41) is 8.14. The van der Waals surface area contributed by atoms with Crippen molar-refractivity contribution in [2.75, 3.05) is 5.32 Å². The zero-order valence-corrected chi connectivity index (χ0v) is 23.8. The lowest BCUT2D eigenvalue weighted by atomic mass is 9.95. The second-order valence-corrected chi connectivity index (χ2v) is 11.3. The number of hydrogen-bond donors (Lipinski definition) is 1. The lowest BCUT2D eigenvalue weighted by molar-refractivity contribution is 0.357. The molecule has 8 rings (SSSR count). The van der Waals surface area contributed by atoms with Gasteiger partial charge in [-0.25, -0.2) is 4.98 Å². The van der Waals surface area contributed by atoms with Crippen molar-refractivity contribution in [1.82, 2.24) is 19.5 Å². The lowest BCUT2D eigenvalue weighted by Crippen LogP contribution is -2.12. The first kappa shape index (κ1) is 25.5. The van der Waals surface area contributed by atoms with Crippen LogP contribution in [0.4, 0.5) is 11.5 Å². The van der Waals surface area contributed by atoms with Crippen molar-refractivity contribution >= 4 is 44.2 Å². The Labute approximate surface area is 250 Å². The Morgan fingerprint density at radius 2 is 1.37 bits per heavy atom. The van der Waals surface area contributed by atoms with Gasteiger partial charge in [-0.1, -0.05) is 110 Å². The molecule has 0 unspecified atom stereocenters. The van der Waals surface area contributed by atoms with Crippen LogP contribution >= 0.6 is 0 Å². The highest BCUT2D eigenvalue weighted by molar-refractivity contribution is 5.97. The van der Waals surface area contributed by atoms with Gasteiger partial charge in [0.05, 0.1) is 6.33 Å². The Hall–Kier alpha value is -5.23. The molecule has 0 saturated heterocycles. The topological polar surface area (TPSA) is 64.9 Å². The Bertz CT molecular complexity index is 2070. The summed E-state index contributed by atoms with van der Waals surface area (Å²) in [6.07, 6.45) is 7.92. The van der Waals surface area contributed by atoms with Crippen molar-refractivity contribution in [3.05, 3.63) is 116 Å². The molecule has 1 aliphatic rings. The molecule has 0 spiro atoms. The van der Waals surface area contributed by atoms with E-state index in [1.54, 1.807) is 0 Å². The third-order valence-corrected chi connectivity index (χ3v) is 8.57. The first-order valence-electron chi connectivity index (χ1n) is 15.1. The highest BCUT2D eigenvalue weighted by Crippen LogP contribution is 2.36. The number of benzene rings is 5. The number of fused-ring (bicyclic) bond motifs is 3. The predicted octanol–water partition coefficient (Wildman–Crippen LogP) is 9.84. The van der Waals surface area contributed by atoms with Crippen LogP contribution in [0, 0.1) is 0 Å². The second-order valence-electron chi connectivity index (χ2n) is 11.3. The summed E-state index contributed by atoms with van der Waals surface area (Å²) in [5.74, 6) is 1.36. The third-order valence-electron chi connectivity index (χ3n) is 8.57. The van der Waals surface area contributed by atoms with E-state index in [0.29, 0.717) is 17.9 Å². The average molecular weight is 562 g/mol. The molecule has 1 fully saturated rings. The molecule has 1 N–H and O–H groups in total. The smallest absolute Gasteiger partial charge is 0.326 e. The van der Waals surface area contributed by atoms with Crippen LogP contribution < -0.4 is 10.1 Å². The van der Waals surface area contributed by atoms with E-state index in [4.69, 9.17) is 19.7 Å². The third kappa shape index (κ3) is 4.85. The van der Waals surface area contributed by atoms with E-state index in [9.17, 15) is 0 Å². The number of anilines is 2. The van der Waals surface area contributed by atoms with Crippen LogP contribution in [0.15, 0.2) is 116 Å². The van der Waals surface area contributed by atoms with Gasteiger partial charge in [0.25, 0.3) is 0 Å². The fourth-order valence-electron chi connectivity index (χ4n) is 6.39. The molecule has 0 aliphatic heterocycles. The van der Waals surface area contributed by atoms with Gasteiger partial charge in [-0.15, -0.1) is 0 Å². The van der Waals surface area contributed by atoms with Crippen molar-refractivity contribution in [2.24, 2.45) is 0 Å². The first-order chi connectivity index (χ1) is 21.3. The average Bonchev–Trinajstić information content (AvgIpc) is 3.50. The fraction of sp³-hybridized carbons (Fsp3) is 0.162. The molecule has 2 aromatic heterocycles. The van der Waals surface area contributed by atoms with Crippen LogP contribution in [0.1, 0.15) is 38.1 Å². The van der Waals surface area contributed by atoms with E-state index in [-0.39, 0.29) is 0 Å². The summed E-state index contributed by atoms with van der Waals surface area (Å²) >= 11 is 0. The van der Waals surface area contributed by atoms with Gasteiger partial charge >= 0.3 is 6.01 Å². The molecule has 0 atom stereocenters. The number of ether oxygens (including phenoxy) is 1. The summed E-state index contributed by atoms with van der Waals surface area (Å²) in [6, 6.07) is 38.3. The summed E-state index contributed by atoms with van der Waals surface area (Å²) in [6.45, 7) is 0. The Morgan fingerprint density at radius 1 is 0.674 bits per heavy atom. The normalized spacial score (nSPS) is 14.0. The van der Waals surface area contributed by atoms with E-state index in [0.717, 1.165) is 51.8 Å². The number of imidazole rings is 1. The van der Waals surface area contributed by atoms with Crippen molar-refractivity contribution in [1.29, 1.82) is 0 Å². The van der Waals surface area contributed by atoms with Crippen molar-refractivity contribution in [3.8, 4) is 22.9 Å².